The van der Waals surface area contributed by atoms with E-state index in [9.17, 15) is 14.3 Å². The van der Waals surface area contributed by atoms with Crippen LogP contribution in [0, 0.1) is 9.77 Å². The molecule has 0 bridgehead atoms. The fraction of sp³-hybridized carbons (Fsp3) is 0.0556. The van der Waals surface area contributed by atoms with Crippen molar-refractivity contribution in [2.24, 2.45) is 4.99 Å². The van der Waals surface area contributed by atoms with Crippen molar-refractivity contribution in [1.29, 1.82) is 0 Å². The molecule has 0 spiro atoms. The van der Waals surface area contributed by atoms with Crippen LogP contribution < -0.4 is 10.6 Å². The average Bonchev–Trinajstić information content (AvgIpc) is 3.05. The van der Waals surface area contributed by atoms with E-state index in [1.54, 1.807) is 4.57 Å². The number of nitrogens with zero attached hydrogens (tertiary/aromatic N) is 2. The molecule has 0 saturated heterocycles. The Kier molecular flexibility index (Phi) is 3.82. The van der Waals surface area contributed by atoms with Gasteiger partial charge < -0.3 is 5.11 Å². The van der Waals surface area contributed by atoms with Gasteiger partial charge in [-0.25, -0.2) is 9.38 Å². The summed E-state index contributed by atoms with van der Waals surface area (Å²) in [6.07, 6.45) is 0. The molecule has 1 aromatic heterocycles. The number of carbonyl (C=O) groups is 1. The molecule has 4 rings (SSSR count). The number of fused-ring (bicyclic) bond motifs is 1. The Balaban J connectivity index is 1.90. The van der Waals surface area contributed by atoms with Gasteiger partial charge in [0.05, 0.1) is 17.5 Å². The van der Waals surface area contributed by atoms with Gasteiger partial charge in [0.1, 0.15) is 10.7 Å². The van der Waals surface area contributed by atoms with Crippen LogP contribution in [-0.4, -0.2) is 15.6 Å². The molecule has 2 heterocycles. The van der Waals surface area contributed by atoms with E-state index in [0.29, 0.717) is 26.0 Å². The highest BCUT2D eigenvalue weighted by molar-refractivity contribution is 7.73. The normalized spacial score (nSPS) is 13.0. The van der Waals surface area contributed by atoms with E-state index in [0.717, 1.165) is 16.9 Å². The Morgan fingerprint density at radius 2 is 1.96 bits per heavy atom. The summed E-state index contributed by atoms with van der Waals surface area (Å²) < 4.78 is 15.6. The summed E-state index contributed by atoms with van der Waals surface area (Å²) in [7, 11) is 0. The predicted molar refractivity (Wildman–Crippen MR) is 95.0 cm³/mol. The summed E-state index contributed by atoms with van der Waals surface area (Å²) in [4.78, 5) is 16.5. The topological polar surface area (TPSA) is 54.6 Å². The smallest absolute Gasteiger partial charge is 0.279 e. The van der Waals surface area contributed by atoms with Crippen LogP contribution in [0.15, 0.2) is 53.5 Å². The second-order valence-electron chi connectivity index (χ2n) is 5.55. The molecule has 3 aromatic rings. The van der Waals surface area contributed by atoms with E-state index in [1.807, 2.05) is 30.3 Å². The summed E-state index contributed by atoms with van der Waals surface area (Å²) >= 11 is 6.47. The van der Waals surface area contributed by atoms with Gasteiger partial charge in [0, 0.05) is 5.22 Å². The molecular weight excluding hydrogens is 359 g/mol. The number of hydrogen-bond donors (Lipinski definition) is 1. The molecule has 0 aliphatic carbocycles. The van der Waals surface area contributed by atoms with Crippen LogP contribution in [0.2, 0.25) is 0 Å². The molecule has 2 aromatic carbocycles. The molecule has 1 N–H and O–H groups in total. The van der Waals surface area contributed by atoms with Gasteiger partial charge in [-0.05, 0) is 36.0 Å². The van der Waals surface area contributed by atoms with E-state index < -0.39 is 11.7 Å². The van der Waals surface area contributed by atoms with Gasteiger partial charge in [-0.15, -0.1) is 11.3 Å². The first-order valence-corrected chi connectivity index (χ1v) is 8.67. The minimum Gasteiger partial charge on any atom is -0.493 e. The number of aromatic nitrogens is 1. The maximum absolute atomic E-state index is 13.6. The van der Waals surface area contributed by atoms with E-state index in [4.69, 9.17) is 12.2 Å². The molecule has 7 heteroatoms. The van der Waals surface area contributed by atoms with Crippen molar-refractivity contribution in [1.82, 2.24) is 4.57 Å². The van der Waals surface area contributed by atoms with Crippen LogP contribution in [0.1, 0.15) is 10.4 Å². The Morgan fingerprint density at radius 1 is 1.20 bits per heavy atom. The second-order valence-corrected chi connectivity index (χ2v) is 7.19. The van der Waals surface area contributed by atoms with Crippen LogP contribution in [0.4, 0.5) is 4.39 Å². The predicted octanol–water partition coefficient (Wildman–Crippen LogP) is 2.53. The minimum absolute atomic E-state index is 0.102. The third-order valence-corrected chi connectivity index (χ3v) is 5.40. The van der Waals surface area contributed by atoms with Gasteiger partial charge in [-0.2, -0.15) is 0 Å². The molecule has 25 heavy (non-hydrogen) atoms. The number of carbonyl (C=O) groups excluding carboxylic acids is 1. The number of benzene rings is 2. The van der Waals surface area contributed by atoms with Gasteiger partial charge in [-0.1, -0.05) is 30.3 Å². The fourth-order valence-corrected chi connectivity index (χ4v) is 4.11. The largest absolute Gasteiger partial charge is 0.493 e. The summed E-state index contributed by atoms with van der Waals surface area (Å²) in [6, 6.07) is 13.5. The molecule has 1 aliphatic heterocycles. The molecule has 1 amide bonds. The Morgan fingerprint density at radius 3 is 2.72 bits per heavy atom. The van der Waals surface area contributed by atoms with Gasteiger partial charge in [-0.3, -0.25) is 9.36 Å². The molecular formula is C18H11FN2O2S2. The molecule has 0 saturated carbocycles. The van der Waals surface area contributed by atoms with Crippen LogP contribution >= 0.6 is 23.6 Å². The zero-order valence-corrected chi connectivity index (χ0v) is 14.4. The van der Waals surface area contributed by atoms with Crippen molar-refractivity contribution < 1.29 is 14.3 Å². The third kappa shape index (κ3) is 2.71. The highest BCUT2D eigenvalue weighted by Gasteiger charge is 2.25. The van der Waals surface area contributed by atoms with Gasteiger partial charge in [0.25, 0.3) is 5.91 Å². The molecule has 0 unspecified atom stereocenters. The lowest BCUT2D eigenvalue weighted by atomic mass is 10.1. The summed E-state index contributed by atoms with van der Waals surface area (Å²) in [5.41, 5.74) is 1.16. The molecule has 1 aliphatic rings. The SMILES string of the molecule is O=C1N=c2ccc(F)cc2=C1c1sc(=S)n(Cc2ccccc2)c1O. The number of thiazole rings is 1. The minimum atomic E-state index is -0.501. The van der Waals surface area contributed by atoms with Gasteiger partial charge in [0.2, 0.25) is 5.88 Å². The number of amides is 1. The Labute approximate surface area is 150 Å². The number of aromatic hydroxyl groups is 1. The monoisotopic (exact) mass is 370 g/mol. The average molecular weight is 370 g/mol. The Hall–Kier alpha value is -2.64. The quantitative estimate of drug-likeness (QED) is 0.721. The zero-order valence-electron chi connectivity index (χ0n) is 12.8. The van der Waals surface area contributed by atoms with Gasteiger partial charge in [0.15, 0.2) is 3.95 Å². The number of hydrogen-bond acceptors (Lipinski definition) is 4. The van der Waals surface area contributed by atoms with Crippen molar-refractivity contribution in [3.8, 4) is 5.88 Å². The van der Waals surface area contributed by atoms with E-state index in [1.165, 1.54) is 18.2 Å². The number of rotatable bonds is 3. The summed E-state index contributed by atoms with van der Waals surface area (Å²) in [5, 5.41) is 11.4. The van der Waals surface area contributed by atoms with Crippen molar-refractivity contribution in [3.63, 3.8) is 0 Å². The first-order chi connectivity index (χ1) is 12.0. The molecule has 124 valence electrons. The lowest BCUT2D eigenvalue weighted by Crippen LogP contribution is -2.23. The summed E-state index contributed by atoms with van der Waals surface area (Å²) in [5.74, 6) is -1.07. The van der Waals surface area contributed by atoms with Crippen LogP contribution in [0.25, 0.3) is 5.57 Å². The molecule has 0 radical (unpaired) electrons. The van der Waals surface area contributed by atoms with E-state index >= 15 is 0 Å². The second kappa shape index (κ2) is 6.02. The molecule has 0 atom stereocenters. The summed E-state index contributed by atoms with van der Waals surface area (Å²) in [6.45, 7) is 0.386. The van der Waals surface area contributed by atoms with E-state index in [2.05, 4.69) is 4.99 Å². The first-order valence-electron chi connectivity index (χ1n) is 7.44. The van der Waals surface area contributed by atoms with E-state index in [-0.39, 0.29) is 11.5 Å². The maximum Gasteiger partial charge on any atom is 0.279 e. The van der Waals surface area contributed by atoms with Crippen molar-refractivity contribution in [3.05, 3.63) is 79.3 Å². The maximum atomic E-state index is 13.6. The lowest BCUT2D eigenvalue weighted by molar-refractivity contribution is -0.112. The highest BCUT2D eigenvalue weighted by atomic mass is 32.1. The van der Waals surface area contributed by atoms with Crippen LogP contribution in [0.5, 0.6) is 5.88 Å². The van der Waals surface area contributed by atoms with Crippen LogP contribution in [-0.2, 0) is 11.3 Å². The van der Waals surface area contributed by atoms with Crippen molar-refractivity contribution >= 4 is 35.0 Å². The highest BCUT2D eigenvalue weighted by Crippen LogP contribution is 2.33. The standard InChI is InChI=1S/C18H11FN2O2S2/c19-11-6-7-13-12(8-11)14(16(22)20-13)15-17(23)21(18(24)25-15)9-10-4-2-1-3-5-10/h1-8,23H,9H2. The third-order valence-electron chi connectivity index (χ3n) is 3.94. The lowest BCUT2D eigenvalue weighted by Gasteiger charge is -2.05. The van der Waals surface area contributed by atoms with Gasteiger partial charge >= 0.3 is 0 Å². The molecule has 0 fully saturated rings. The first kappa shape index (κ1) is 15.9. The Bertz CT molecular complexity index is 1180. The van der Waals surface area contributed by atoms with Crippen molar-refractivity contribution in [2.75, 3.05) is 0 Å². The molecule has 4 nitrogen and oxygen atoms in total. The fourth-order valence-electron chi connectivity index (χ4n) is 2.77. The van der Waals surface area contributed by atoms with Crippen LogP contribution in [0.3, 0.4) is 0 Å². The van der Waals surface area contributed by atoms with Crippen molar-refractivity contribution in [2.45, 2.75) is 6.54 Å². The number of halogens is 1. The zero-order chi connectivity index (χ0) is 17.6.